The zero-order valence-electron chi connectivity index (χ0n) is 16.4. The Bertz CT molecular complexity index is 661. The standard InChI is InChI=1S/C18H26ClNO2.C2HF3O2/c1-21-13-16-14-22-11-8-18(16)6-9-20(10-7-18)12-15-4-2-3-5-17(15)19;3-2(4,5)1(6)7/h2-5,16H,6-14H2,1H3;(H,6,7). The fourth-order valence-corrected chi connectivity index (χ4v) is 4.19. The number of carbonyl (C=O) groups is 1. The van der Waals surface area contributed by atoms with Gasteiger partial charge in [0.1, 0.15) is 0 Å². The maximum absolute atomic E-state index is 10.6. The van der Waals surface area contributed by atoms with Gasteiger partial charge in [-0.3, -0.25) is 4.90 Å². The molecule has 2 heterocycles. The van der Waals surface area contributed by atoms with Gasteiger partial charge in [-0.05, 0) is 49.4 Å². The number of hydrogen-bond acceptors (Lipinski definition) is 4. The van der Waals surface area contributed by atoms with E-state index in [0.29, 0.717) is 11.3 Å². The monoisotopic (exact) mass is 437 g/mol. The smallest absolute Gasteiger partial charge is 0.475 e. The number of piperidine rings is 1. The first-order valence-electron chi connectivity index (χ1n) is 9.50. The molecule has 1 unspecified atom stereocenters. The molecule has 2 aliphatic heterocycles. The molecule has 1 N–H and O–H groups in total. The highest BCUT2D eigenvalue weighted by Gasteiger charge is 2.43. The summed E-state index contributed by atoms with van der Waals surface area (Å²) in [6.07, 6.45) is -1.41. The lowest BCUT2D eigenvalue weighted by molar-refractivity contribution is -0.192. The number of likely N-dealkylation sites (tertiary alicyclic amines) is 1. The highest BCUT2D eigenvalue weighted by molar-refractivity contribution is 6.31. The van der Waals surface area contributed by atoms with Gasteiger partial charge in [-0.1, -0.05) is 29.8 Å². The molecule has 2 fully saturated rings. The minimum absolute atomic E-state index is 0.422. The number of carboxylic acid groups (broad SMARTS) is 1. The molecule has 0 aliphatic carbocycles. The van der Waals surface area contributed by atoms with Crippen LogP contribution in [-0.4, -0.2) is 62.2 Å². The van der Waals surface area contributed by atoms with Crippen LogP contribution in [0.5, 0.6) is 0 Å². The van der Waals surface area contributed by atoms with Crippen molar-refractivity contribution in [1.82, 2.24) is 4.90 Å². The molecule has 9 heteroatoms. The summed E-state index contributed by atoms with van der Waals surface area (Å²) >= 11 is 6.29. The number of nitrogens with zero attached hydrogens (tertiary/aromatic N) is 1. The van der Waals surface area contributed by atoms with E-state index in [9.17, 15) is 13.2 Å². The Hall–Kier alpha value is -1.35. The van der Waals surface area contributed by atoms with E-state index in [0.717, 1.165) is 44.5 Å². The van der Waals surface area contributed by atoms with Crippen LogP contribution in [0, 0.1) is 11.3 Å². The maximum Gasteiger partial charge on any atom is 0.490 e. The maximum atomic E-state index is 10.6. The first-order chi connectivity index (χ1) is 13.7. The van der Waals surface area contributed by atoms with Crippen LogP contribution in [0.15, 0.2) is 24.3 Å². The largest absolute Gasteiger partial charge is 0.490 e. The van der Waals surface area contributed by atoms with Gasteiger partial charge >= 0.3 is 12.1 Å². The molecule has 1 aromatic rings. The van der Waals surface area contributed by atoms with E-state index < -0.39 is 12.1 Å². The molecule has 0 amide bonds. The predicted octanol–water partition coefficient (Wildman–Crippen LogP) is 4.24. The second-order valence-corrected chi connectivity index (χ2v) is 7.92. The molecular formula is C20H27ClF3NO4. The van der Waals surface area contributed by atoms with Gasteiger partial charge < -0.3 is 14.6 Å². The zero-order valence-corrected chi connectivity index (χ0v) is 17.1. The van der Waals surface area contributed by atoms with Crippen LogP contribution >= 0.6 is 11.6 Å². The van der Waals surface area contributed by atoms with Gasteiger partial charge in [0.15, 0.2) is 0 Å². The summed E-state index contributed by atoms with van der Waals surface area (Å²) < 4.78 is 42.9. The molecular weight excluding hydrogens is 411 g/mol. The Balaban J connectivity index is 0.000000370. The first kappa shape index (κ1) is 23.9. The first-order valence-corrected chi connectivity index (χ1v) is 9.88. The van der Waals surface area contributed by atoms with E-state index in [1.54, 1.807) is 7.11 Å². The molecule has 0 radical (unpaired) electrons. The van der Waals surface area contributed by atoms with Crippen molar-refractivity contribution in [3.8, 4) is 0 Å². The molecule has 1 atom stereocenters. The number of ether oxygens (including phenoxy) is 2. The number of alkyl halides is 3. The van der Waals surface area contributed by atoms with E-state index >= 15 is 0 Å². The van der Waals surface area contributed by atoms with Crippen LogP contribution in [0.25, 0.3) is 0 Å². The molecule has 0 bridgehead atoms. The number of benzene rings is 1. The summed E-state index contributed by atoms with van der Waals surface area (Å²) in [4.78, 5) is 11.4. The molecule has 5 nitrogen and oxygen atoms in total. The summed E-state index contributed by atoms with van der Waals surface area (Å²) in [6, 6.07) is 8.18. The lowest BCUT2D eigenvalue weighted by atomic mass is 9.66. The number of hydrogen-bond donors (Lipinski definition) is 1. The van der Waals surface area contributed by atoms with E-state index in [1.807, 2.05) is 12.1 Å². The number of methoxy groups -OCH3 is 1. The van der Waals surface area contributed by atoms with Gasteiger partial charge in [0, 0.05) is 31.2 Å². The molecule has 2 saturated heterocycles. The second-order valence-electron chi connectivity index (χ2n) is 7.51. The Kier molecular flexibility index (Phi) is 8.75. The van der Waals surface area contributed by atoms with Gasteiger partial charge in [-0.2, -0.15) is 13.2 Å². The van der Waals surface area contributed by atoms with E-state index in [4.69, 9.17) is 31.0 Å². The molecule has 1 aromatic carbocycles. The molecule has 1 spiro atoms. The van der Waals surface area contributed by atoms with Crippen molar-refractivity contribution in [2.45, 2.75) is 32.0 Å². The Morgan fingerprint density at radius 3 is 2.48 bits per heavy atom. The lowest BCUT2D eigenvalue weighted by Gasteiger charge is -2.49. The normalized spacial score (nSPS) is 22.0. The molecule has 164 valence electrons. The van der Waals surface area contributed by atoms with Gasteiger partial charge in [0.2, 0.25) is 0 Å². The zero-order chi connectivity index (χ0) is 21.5. The quantitative estimate of drug-likeness (QED) is 0.763. The highest BCUT2D eigenvalue weighted by Crippen LogP contribution is 2.45. The molecule has 29 heavy (non-hydrogen) atoms. The third-order valence-electron chi connectivity index (χ3n) is 5.74. The third kappa shape index (κ3) is 6.84. The van der Waals surface area contributed by atoms with E-state index in [2.05, 4.69) is 17.0 Å². The molecule has 0 saturated carbocycles. The van der Waals surface area contributed by atoms with E-state index in [-0.39, 0.29) is 0 Å². The van der Waals surface area contributed by atoms with Crippen molar-refractivity contribution in [1.29, 1.82) is 0 Å². The highest BCUT2D eigenvalue weighted by atomic mass is 35.5. The Labute approximate surface area is 173 Å². The Morgan fingerprint density at radius 1 is 1.31 bits per heavy atom. The summed E-state index contributed by atoms with van der Waals surface area (Å²) in [6.45, 7) is 5.84. The minimum Gasteiger partial charge on any atom is -0.475 e. The number of rotatable bonds is 4. The fraction of sp³-hybridized carbons (Fsp3) is 0.650. The van der Waals surface area contributed by atoms with Gasteiger partial charge in [0.05, 0.1) is 13.2 Å². The number of carboxylic acids is 1. The SMILES string of the molecule is COCC1COCCC12CCN(Cc1ccccc1Cl)CC2.O=C(O)C(F)(F)F. The summed E-state index contributed by atoms with van der Waals surface area (Å²) in [5, 5.41) is 8.01. The van der Waals surface area contributed by atoms with Crippen molar-refractivity contribution in [3.63, 3.8) is 0 Å². The number of halogens is 4. The average molecular weight is 438 g/mol. The predicted molar refractivity (Wildman–Crippen MR) is 103 cm³/mol. The van der Waals surface area contributed by atoms with Gasteiger partial charge in [-0.25, -0.2) is 4.79 Å². The van der Waals surface area contributed by atoms with Crippen LogP contribution in [0.1, 0.15) is 24.8 Å². The Morgan fingerprint density at radius 2 is 1.93 bits per heavy atom. The number of aliphatic carboxylic acids is 1. The topological polar surface area (TPSA) is 59.0 Å². The van der Waals surface area contributed by atoms with Crippen LogP contribution in [0.3, 0.4) is 0 Å². The minimum atomic E-state index is -5.08. The van der Waals surface area contributed by atoms with Crippen LogP contribution in [0.2, 0.25) is 5.02 Å². The van der Waals surface area contributed by atoms with Gasteiger partial charge in [0.25, 0.3) is 0 Å². The van der Waals surface area contributed by atoms with Crippen LogP contribution in [0.4, 0.5) is 13.2 Å². The fourth-order valence-electron chi connectivity index (χ4n) is 3.99. The molecule has 2 aliphatic rings. The summed E-state index contributed by atoms with van der Waals surface area (Å²) in [5.74, 6) is -2.21. The van der Waals surface area contributed by atoms with Gasteiger partial charge in [-0.15, -0.1) is 0 Å². The second kappa shape index (κ2) is 10.6. The van der Waals surface area contributed by atoms with Crippen molar-refractivity contribution >= 4 is 17.6 Å². The van der Waals surface area contributed by atoms with E-state index in [1.165, 1.54) is 24.8 Å². The molecule has 0 aromatic heterocycles. The van der Waals surface area contributed by atoms with Crippen LogP contribution in [-0.2, 0) is 20.8 Å². The lowest BCUT2D eigenvalue weighted by Crippen LogP contribution is -2.49. The molecule has 3 rings (SSSR count). The van der Waals surface area contributed by atoms with Crippen molar-refractivity contribution in [3.05, 3.63) is 34.9 Å². The van der Waals surface area contributed by atoms with Crippen molar-refractivity contribution < 1.29 is 32.5 Å². The van der Waals surface area contributed by atoms with Crippen molar-refractivity contribution in [2.24, 2.45) is 11.3 Å². The summed E-state index contributed by atoms with van der Waals surface area (Å²) in [5.41, 5.74) is 1.66. The summed E-state index contributed by atoms with van der Waals surface area (Å²) in [7, 11) is 1.80. The van der Waals surface area contributed by atoms with Crippen molar-refractivity contribution in [2.75, 3.05) is 40.0 Å². The van der Waals surface area contributed by atoms with Crippen LogP contribution < -0.4 is 0 Å². The third-order valence-corrected chi connectivity index (χ3v) is 6.11. The average Bonchev–Trinajstić information content (AvgIpc) is 2.67.